The minimum Gasteiger partial charge on any atom is -0.494 e. The van der Waals surface area contributed by atoms with Gasteiger partial charge in [-0.05, 0) is 30.2 Å². The second kappa shape index (κ2) is 7.20. The maximum absolute atomic E-state index is 12.5. The molecule has 0 aliphatic rings. The van der Waals surface area contributed by atoms with Crippen LogP contribution in [0.25, 0.3) is 0 Å². The van der Waals surface area contributed by atoms with Crippen molar-refractivity contribution < 1.29 is 9.53 Å². The largest absolute Gasteiger partial charge is 0.494 e. The highest BCUT2D eigenvalue weighted by molar-refractivity contribution is 6.02. The molecule has 0 fully saturated rings. The van der Waals surface area contributed by atoms with Crippen molar-refractivity contribution in [2.24, 2.45) is 0 Å². The van der Waals surface area contributed by atoms with Crippen molar-refractivity contribution in [2.75, 3.05) is 6.61 Å². The Balaban J connectivity index is 2.24. The quantitative estimate of drug-likeness (QED) is 0.761. The third-order valence-corrected chi connectivity index (χ3v) is 3.00. The van der Waals surface area contributed by atoms with E-state index in [9.17, 15) is 10.1 Å². The molecular weight excluding hydrogens is 264 g/mol. The van der Waals surface area contributed by atoms with Crippen molar-refractivity contribution in [1.82, 2.24) is 4.98 Å². The zero-order valence-corrected chi connectivity index (χ0v) is 11.8. The van der Waals surface area contributed by atoms with E-state index in [4.69, 9.17) is 4.74 Å². The summed E-state index contributed by atoms with van der Waals surface area (Å²) in [7, 11) is 0. The highest BCUT2D eigenvalue weighted by Gasteiger charge is 2.22. The number of ether oxygens (including phenoxy) is 1. The number of hydrogen-bond donors (Lipinski definition) is 0. The molecule has 0 bridgehead atoms. The van der Waals surface area contributed by atoms with E-state index in [0.717, 1.165) is 6.42 Å². The van der Waals surface area contributed by atoms with E-state index in [1.807, 2.05) is 13.0 Å². The highest BCUT2D eigenvalue weighted by atomic mass is 16.5. The molecule has 1 heterocycles. The summed E-state index contributed by atoms with van der Waals surface area (Å²) in [5.74, 6) is -0.446. The Morgan fingerprint density at radius 2 is 2.24 bits per heavy atom. The van der Waals surface area contributed by atoms with Gasteiger partial charge in [0.15, 0.2) is 5.78 Å². The van der Waals surface area contributed by atoms with Gasteiger partial charge < -0.3 is 4.74 Å². The van der Waals surface area contributed by atoms with Gasteiger partial charge in [0.1, 0.15) is 11.7 Å². The number of hydrogen-bond acceptors (Lipinski definition) is 4. The number of pyridine rings is 1. The SMILES string of the molecule is CCCOc1cccc(C(=O)C(C#N)c2cccnc2)c1. The molecule has 1 atom stereocenters. The summed E-state index contributed by atoms with van der Waals surface area (Å²) >= 11 is 0. The maximum Gasteiger partial charge on any atom is 0.184 e. The molecule has 106 valence electrons. The van der Waals surface area contributed by atoms with Crippen molar-refractivity contribution in [3.05, 3.63) is 59.9 Å². The first-order chi connectivity index (χ1) is 10.3. The highest BCUT2D eigenvalue weighted by Crippen LogP contribution is 2.22. The molecule has 1 aromatic carbocycles. The standard InChI is InChI=1S/C17H16N2O2/c1-2-9-21-15-7-3-5-13(10-15)17(20)16(11-18)14-6-4-8-19-12-14/h3-8,10,12,16H,2,9H2,1H3. The second-order valence-electron chi connectivity index (χ2n) is 4.59. The van der Waals surface area contributed by atoms with E-state index >= 15 is 0 Å². The van der Waals surface area contributed by atoms with Crippen LogP contribution < -0.4 is 4.74 Å². The lowest BCUT2D eigenvalue weighted by molar-refractivity contribution is 0.0978. The predicted octanol–water partition coefficient (Wildman–Crippen LogP) is 3.36. The Kier molecular flexibility index (Phi) is 5.05. The topological polar surface area (TPSA) is 63.0 Å². The first-order valence-corrected chi connectivity index (χ1v) is 6.83. The van der Waals surface area contributed by atoms with Gasteiger partial charge in [-0.3, -0.25) is 9.78 Å². The number of nitrogens with zero attached hydrogens (tertiary/aromatic N) is 2. The van der Waals surface area contributed by atoms with Gasteiger partial charge in [-0.2, -0.15) is 5.26 Å². The van der Waals surface area contributed by atoms with Gasteiger partial charge in [0.25, 0.3) is 0 Å². The predicted molar refractivity (Wildman–Crippen MR) is 79.1 cm³/mol. The first-order valence-electron chi connectivity index (χ1n) is 6.83. The molecule has 4 nitrogen and oxygen atoms in total. The van der Waals surface area contributed by atoms with Crippen LogP contribution in [0.15, 0.2) is 48.8 Å². The van der Waals surface area contributed by atoms with Crippen LogP contribution in [0.4, 0.5) is 0 Å². The summed E-state index contributed by atoms with van der Waals surface area (Å²) in [6.07, 6.45) is 4.06. The monoisotopic (exact) mass is 280 g/mol. The number of rotatable bonds is 6. The van der Waals surface area contributed by atoms with Gasteiger partial charge in [-0.1, -0.05) is 25.1 Å². The lowest BCUT2D eigenvalue weighted by atomic mass is 9.93. The molecule has 1 unspecified atom stereocenters. The summed E-state index contributed by atoms with van der Waals surface area (Å²) in [4.78, 5) is 16.5. The summed E-state index contributed by atoms with van der Waals surface area (Å²) in [6.45, 7) is 2.62. The fourth-order valence-electron chi connectivity index (χ4n) is 1.96. The molecule has 21 heavy (non-hydrogen) atoms. The average Bonchev–Trinajstić information content (AvgIpc) is 2.55. The van der Waals surface area contributed by atoms with Crippen LogP contribution in [0.5, 0.6) is 5.75 Å². The average molecular weight is 280 g/mol. The molecule has 0 saturated heterocycles. The minimum atomic E-state index is -0.847. The zero-order chi connectivity index (χ0) is 15.1. The van der Waals surface area contributed by atoms with Crippen LogP contribution in [0.2, 0.25) is 0 Å². The van der Waals surface area contributed by atoms with Gasteiger partial charge in [0.05, 0.1) is 12.7 Å². The third kappa shape index (κ3) is 3.67. The molecular formula is C17H16N2O2. The van der Waals surface area contributed by atoms with E-state index in [0.29, 0.717) is 23.5 Å². The minimum absolute atomic E-state index is 0.243. The second-order valence-corrected chi connectivity index (χ2v) is 4.59. The molecule has 2 rings (SSSR count). The summed E-state index contributed by atoms with van der Waals surface area (Å²) in [6, 6.07) is 12.4. The van der Waals surface area contributed by atoms with E-state index < -0.39 is 5.92 Å². The van der Waals surface area contributed by atoms with Gasteiger partial charge in [0.2, 0.25) is 0 Å². The van der Waals surface area contributed by atoms with E-state index in [1.54, 1.807) is 48.8 Å². The van der Waals surface area contributed by atoms with Crippen molar-refractivity contribution >= 4 is 5.78 Å². The third-order valence-electron chi connectivity index (χ3n) is 3.00. The molecule has 0 spiro atoms. The molecule has 0 aliphatic heterocycles. The van der Waals surface area contributed by atoms with E-state index in [-0.39, 0.29) is 5.78 Å². The fourth-order valence-corrected chi connectivity index (χ4v) is 1.96. The van der Waals surface area contributed by atoms with Crippen molar-refractivity contribution in [3.8, 4) is 11.8 Å². The van der Waals surface area contributed by atoms with Crippen molar-refractivity contribution in [1.29, 1.82) is 5.26 Å². The van der Waals surface area contributed by atoms with Crippen LogP contribution in [-0.4, -0.2) is 17.4 Å². The summed E-state index contributed by atoms with van der Waals surface area (Å²) in [5.41, 5.74) is 1.07. The lowest BCUT2D eigenvalue weighted by Gasteiger charge is -2.10. The summed E-state index contributed by atoms with van der Waals surface area (Å²) < 4.78 is 5.52. The van der Waals surface area contributed by atoms with Gasteiger partial charge >= 0.3 is 0 Å². The Morgan fingerprint density at radius 1 is 1.38 bits per heavy atom. The maximum atomic E-state index is 12.5. The molecule has 0 aliphatic carbocycles. The lowest BCUT2D eigenvalue weighted by Crippen LogP contribution is -2.11. The molecule has 0 N–H and O–H groups in total. The van der Waals surface area contributed by atoms with E-state index in [2.05, 4.69) is 4.98 Å². The van der Waals surface area contributed by atoms with Crippen LogP contribution in [0, 0.1) is 11.3 Å². The molecule has 1 aromatic heterocycles. The Labute approximate surface area is 124 Å². The fraction of sp³-hybridized carbons (Fsp3) is 0.235. The van der Waals surface area contributed by atoms with Crippen LogP contribution in [-0.2, 0) is 0 Å². The first kappa shape index (κ1) is 14.7. The molecule has 2 aromatic rings. The van der Waals surface area contributed by atoms with Crippen LogP contribution in [0.3, 0.4) is 0 Å². The van der Waals surface area contributed by atoms with Crippen molar-refractivity contribution in [2.45, 2.75) is 19.3 Å². The van der Waals surface area contributed by atoms with Gasteiger partial charge in [-0.25, -0.2) is 0 Å². The smallest absolute Gasteiger partial charge is 0.184 e. The Morgan fingerprint density at radius 3 is 2.90 bits per heavy atom. The number of ketones is 1. The van der Waals surface area contributed by atoms with E-state index in [1.165, 1.54) is 0 Å². The zero-order valence-electron chi connectivity index (χ0n) is 11.8. The van der Waals surface area contributed by atoms with Crippen LogP contribution in [0.1, 0.15) is 35.2 Å². The number of carbonyl (C=O) groups excluding carboxylic acids is 1. The number of carbonyl (C=O) groups is 1. The van der Waals surface area contributed by atoms with Crippen LogP contribution >= 0.6 is 0 Å². The number of aromatic nitrogens is 1. The number of Topliss-reactive ketones (excluding diaryl/α,β-unsaturated/α-hetero) is 1. The van der Waals surface area contributed by atoms with Crippen molar-refractivity contribution in [3.63, 3.8) is 0 Å². The van der Waals surface area contributed by atoms with Gasteiger partial charge in [0, 0.05) is 18.0 Å². The Hall–Kier alpha value is -2.67. The molecule has 0 saturated carbocycles. The van der Waals surface area contributed by atoms with Gasteiger partial charge in [-0.15, -0.1) is 0 Å². The number of nitriles is 1. The molecule has 0 radical (unpaired) electrons. The summed E-state index contributed by atoms with van der Waals surface area (Å²) in [5, 5.41) is 9.29. The Bertz CT molecular complexity index is 647. The number of benzene rings is 1. The molecule has 0 amide bonds. The normalized spacial score (nSPS) is 11.4. The molecule has 4 heteroatoms.